The fraction of sp³-hybridized carbons (Fsp3) is 0.105. The Balaban J connectivity index is 1.96. The lowest BCUT2D eigenvalue weighted by Gasteiger charge is -2.13. The summed E-state index contributed by atoms with van der Waals surface area (Å²) in [4.78, 5) is 5.87. The third kappa shape index (κ3) is 4.73. The Morgan fingerprint density at radius 2 is 1.62 bits per heavy atom. The molecule has 8 nitrogen and oxygen atoms in total. The molecule has 10 heteroatoms. The zero-order valence-corrected chi connectivity index (χ0v) is 17.4. The molecule has 0 aliphatic carbocycles. The van der Waals surface area contributed by atoms with Gasteiger partial charge < -0.3 is 4.90 Å². The van der Waals surface area contributed by atoms with Crippen molar-refractivity contribution in [2.75, 3.05) is 23.7 Å². The summed E-state index contributed by atoms with van der Waals surface area (Å²) < 4.78 is 51.4. The molecule has 1 heterocycles. The second kappa shape index (κ2) is 7.82. The van der Waals surface area contributed by atoms with E-state index < -0.39 is 20.0 Å². The maximum Gasteiger partial charge on any atom is 0.261 e. The Morgan fingerprint density at radius 3 is 2.24 bits per heavy atom. The van der Waals surface area contributed by atoms with Gasteiger partial charge in [0.2, 0.25) is 10.0 Å². The van der Waals surface area contributed by atoms with Crippen molar-refractivity contribution >= 4 is 31.6 Å². The molecule has 152 valence electrons. The number of nitrogens with zero attached hydrogens (tertiary/aromatic N) is 2. The summed E-state index contributed by atoms with van der Waals surface area (Å²) in [6.07, 6.45) is 1.66. The average molecular weight is 433 g/mol. The van der Waals surface area contributed by atoms with Gasteiger partial charge in [0.15, 0.2) is 0 Å². The molecule has 0 spiro atoms. The maximum atomic E-state index is 12.8. The molecule has 0 amide bonds. The molecule has 0 bridgehead atoms. The van der Waals surface area contributed by atoms with Crippen molar-refractivity contribution in [2.45, 2.75) is 9.79 Å². The van der Waals surface area contributed by atoms with Crippen molar-refractivity contribution in [3.8, 4) is 11.1 Å². The first kappa shape index (κ1) is 20.8. The fourth-order valence-electron chi connectivity index (χ4n) is 2.67. The second-order valence-corrected chi connectivity index (χ2v) is 9.69. The van der Waals surface area contributed by atoms with E-state index in [4.69, 9.17) is 5.14 Å². The molecular weight excluding hydrogens is 412 g/mol. The summed E-state index contributed by atoms with van der Waals surface area (Å²) in [5.74, 6) is 0.777. The summed E-state index contributed by atoms with van der Waals surface area (Å²) in [5.41, 5.74) is 1.29. The molecule has 0 fully saturated rings. The molecule has 0 atom stereocenters. The number of nitrogens with two attached hydrogens (primary N) is 1. The topological polar surface area (TPSA) is 122 Å². The number of primary sulfonamides is 1. The van der Waals surface area contributed by atoms with E-state index in [0.717, 1.165) is 11.4 Å². The number of hydrogen-bond donors (Lipinski definition) is 2. The zero-order chi connectivity index (χ0) is 21.2. The van der Waals surface area contributed by atoms with Gasteiger partial charge in [-0.3, -0.25) is 4.72 Å². The normalized spacial score (nSPS) is 11.8. The van der Waals surface area contributed by atoms with Crippen LogP contribution in [0.1, 0.15) is 0 Å². The molecular formula is C19H20N4O4S2. The van der Waals surface area contributed by atoms with Crippen LogP contribution in [0.4, 0.5) is 11.5 Å². The minimum atomic E-state index is -4.09. The third-order valence-electron chi connectivity index (χ3n) is 4.12. The summed E-state index contributed by atoms with van der Waals surface area (Å²) in [5, 5.41) is 5.18. The van der Waals surface area contributed by atoms with Crippen LogP contribution in [-0.4, -0.2) is 35.9 Å². The highest BCUT2D eigenvalue weighted by molar-refractivity contribution is 7.93. The first-order valence-corrected chi connectivity index (χ1v) is 11.5. The highest BCUT2D eigenvalue weighted by atomic mass is 32.2. The fourth-order valence-corrected chi connectivity index (χ4v) is 4.55. The minimum absolute atomic E-state index is 0.0177. The lowest BCUT2D eigenvalue weighted by molar-refractivity contribution is 0.598. The Morgan fingerprint density at radius 1 is 0.897 bits per heavy atom. The van der Waals surface area contributed by atoms with Crippen LogP contribution in [0.15, 0.2) is 76.7 Å². The molecule has 3 N–H and O–H groups in total. The van der Waals surface area contributed by atoms with Crippen molar-refractivity contribution in [3.63, 3.8) is 0 Å². The van der Waals surface area contributed by atoms with Crippen molar-refractivity contribution in [2.24, 2.45) is 5.14 Å². The van der Waals surface area contributed by atoms with Crippen LogP contribution in [0.2, 0.25) is 0 Å². The third-order valence-corrected chi connectivity index (χ3v) is 6.45. The van der Waals surface area contributed by atoms with Gasteiger partial charge in [0.05, 0.1) is 10.6 Å². The Kier molecular flexibility index (Phi) is 5.60. The molecule has 0 unspecified atom stereocenters. The van der Waals surface area contributed by atoms with Crippen LogP contribution in [0.5, 0.6) is 0 Å². The van der Waals surface area contributed by atoms with Gasteiger partial charge in [-0.15, -0.1) is 0 Å². The minimum Gasteiger partial charge on any atom is -0.363 e. The molecule has 2 aromatic carbocycles. The second-order valence-electron chi connectivity index (χ2n) is 6.47. The van der Waals surface area contributed by atoms with Gasteiger partial charge in [-0.2, -0.15) is 0 Å². The molecule has 0 aliphatic heterocycles. The Bertz CT molecular complexity index is 1240. The molecule has 0 saturated carbocycles. The first-order valence-electron chi connectivity index (χ1n) is 8.46. The maximum absolute atomic E-state index is 12.8. The van der Waals surface area contributed by atoms with Crippen LogP contribution >= 0.6 is 0 Å². The van der Waals surface area contributed by atoms with E-state index in [2.05, 4.69) is 9.71 Å². The van der Waals surface area contributed by atoms with Gasteiger partial charge >= 0.3 is 0 Å². The molecule has 0 aliphatic rings. The number of pyridine rings is 1. The van der Waals surface area contributed by atoms with E-state index >= 15 is 0 Å². The number of hydrogen-bond acceptors (Lipinski definition) is 6. The molecule has 0 radical (unpaired) electrons. The summed E-state index contributed by atoms with van der Waals surface area (Å²) in [6.45, 7) is 0. The van der Waals surface area contributed by atoms with Gasteiger partial charge in [0, 0.05) is 25.9 Å². The number of nitrogens with one attached hydrogen (secondary N) is 1. The molecule has 0 saturated heterocycles. The smallest absolute Gasteiger partial charge is 0.261 e. The van der Waals surface area contributed by atoms with E-state index in [1.807, 2.05) is 31.1 Å². The first-order chi connectivity index (χ1) is 13.6. The van der Waals surface area contributed by atoms with Gasteiger partial charge in [-0.25, -0.2) is 27.0 Å². The average Bonchev–Trinajstić information content (AvgIpc) is 2.67. The Hall–Kier alpha value is -2.95. The van der Waals surface area contributed by atoms with Gasteiger partial charge in [-0.05, 0) is 42.0 Å². The molecule has 3 rings (SSSR count). The number of anilines is 2. The van der Waals surface area contributed by atoms with Crippen LogP contribution in [0, 0.1) is 0 Å². The van der Waals surface area contributed by atoms with E-state index in [9.17, 15) is 16.8 Å². The quantitative estimate of drug-likeness (QED) is 0.616. The van der Waals surface area contributed by atoms with Gasteiger partial charge in [0.25, 0.3) is 10.0 Å². The van der Waals surface area contributed by atoms with Gasteiger partial charge in [0.1, 0.15) is 10.7 Å². The molecule has 3 aromatic rings. The van der Waals surface area contributed by atoms with E-state index in [-0.39, 0.29) is 15.5 Å². The van der Waals surface area contributed by atoms with Gasteiger partial charge in [-0.1, -0.05) is 24.3 Å². The summed E-state index contributed by atoms with van der Waals surface area (Å²) in [6, 6.07) is 15.5. The van der Waals surface area contributed by atoms with Crippen LogP contribution in [-0.2, 0) is 20.0 Å². The van der Waals surface area contributed by atoms with Crippen molar-refractivity contribution < 1.29 is 16.8 Å². The SMILES string of the molecule is CN(C)c1ccc(-c2cccc(S(=O)(=O)Nc3ccccc3S(N)(=O)=O)c2)cn1. The van der Waals surface area contributed by atoms with Crippen LogP contribution in [0.25, 0.3) is 11.1 Å². The number of benzene rings is 2. The largest absolute Gasteiger partial charge is 0.363 e. The lowest BCUT2D eigenvalue weighted by atomic mass is 10.1. The predicted octanol–water partition coefficient (Wildman–Crippen LogP) is 2.26. The van der Waals surface area contributed by atoms with E-state index in [1.54, 1.807) is 18.3 Å². The lowest BCUT2D eigenvalue weighted by Crippen LogP contribution is -2.18. The number of aromatic nitrogens is 1. The van der Waals surface area contributed by atoms with E-state index in [1.165, 1.54) is 36.4 Å². The number of rotatable bonds is 6. The summed E-state index contributed by atoms with van der Waals surface area (Å²) >= 11 is 0. The standard InChI is InChI=1S/C19H20N4O4S2/c1-23(2)19-11-10-15(13-21-19)14-6-5-7-16(12-14)29(26,27)22-17-8-3-4-9-18(17)28(20,24)25/h3-13,22H,1-2H3,(H2,20,24,25). The molecule has 1 aromatic heterocycles. The van der Waals surface area contributed by atoms with Crippen molar-refractivity contribution in [1.29, 1.82) is 0 Å². The summed E-state index contributed by atoms with van der Waals surface area (Å²) in [7, 11) is -4.39. The highest BCUT2D eigenvalue weighted by Gasteiger charge is 2.20. The highest BCUT2D eigenvalue weighted by Crippen LogP contribution is 2.26. The molecule has 29 heavy (non-hydrogen) atoms. The Labute approximate surface area is 170 Å². The van der Waals surface area contributed by atoms with Crippen LogP contribution in [0.3, 0.4) is 0 Å². The number of para-hydroxylation sites is 1. The monoisotopic (exact) mass is 432 g/mol. The zero-order valence-electron chi connectivity index (χ0n) is 15.8. The van der Waals surface area contributed by atoms with Crippen LogP contribution < -0.4 is 14.8 Å². The predicted molar refractivity (Wildman–Crippen MR) is 113 cm³/mol. The number of sulfonamides is 2. The van der Waals surface area contributed by atoms with E-state index in [0.29, 0.717) is 5.56 Å². The van der Waals surface area contributed by atoms with Crippen molar-refractivity contribution in [1.82, 2.24) is 4.98 Å². The van der Waals surface area contributed by atoms with Crippen molar-refractivity contribution in [3.05, 3.63) is 66.9 Å².